The van der Waals surface area contributed by atoms with Crippen molar-refractivity contribution in [2.24, 2.45) is 0 Å². The van der Waals surface area contributed by atoms with Gasteiger partial charge in [-0.25, -0.2) is 0 Å². The number of rotatable bonds is 9. The van der Waals surface area contributed by atoms with Crippen molar-refractivity contribution in [1.82, 2.24) is 4.90 Å². The molecule has 196 valence electrons. The van der Waals surface area contributed by atoms with Crippen LogP contribution in [0.1, 0.15) is 41.8 Å². The molecule has 1 amide bonds. The predicted octanol–water partition coefficient (Wildman–Crippen LogP) is 5.82. The van der Waals surface area contributed by atoms with Gasteiger partial charge in [0.2, 0.25) is 0 Å². The first-order valence-corrected chi connectivity index (χ1v) is 12.5. The minimum absolute atomic E-state index is 0.122. The molecule has 0 N–H and O–H groups in total. The van der Waals surface area contributed by atoms with E-state index in [2.05, 4.69) is 0 Å². The van der Waals surface area contributed by atoms with E-state index in [1.165, 1.54) is 53.4 Å². The molecule has 0 aliphatic carbocycles. The molecule has 0 aromatic heterocycles. The lowest BCUT2D eigenvalue weighted by Crippen LogP contribution is -2.37. The van der Waals surface area contributed by atoms with Gasteiger partial charge in [-0.15, -0.1) is 0 Å². The quantitative estimate of drug-likeness (QED) is 0.194. The van der Waals surface area contributed by atoms with Crippen LogP contribution >= 0.6 is 0 Å². The first-order chi connectivity index (χ1) is 17.3. The SMILES string of the molecule is CCC(C)N(Cc1ccc(OS(=O)(=O)c2cccc(C(F)(F)F)c2)cc1)C(=O)c1cccc([N+](=O)[O-])c1. The summed E-state index contributed by atoms with van der Waals surface area (Å²) in [7, 11) is -4.53. The summed E-state index contributed by atoms with van der Waals surface area (Å²) in [5.74, 6) is -0.535. The maximum Gasteiger partial charge on any atom is 0.416 e. The molecule has 0 spiro atoms. The number of nitrogens with zero attached hydrogens (tertiary/aromatic N) is 2. The van der Waals surface area contributed by atoms with E-state index in [9.17, 15) is 36.5 Å². The summed E-state index contributed by atoms with van der Waals surface area (Å²) in [6, 6.07) is 14.1. The third-order valence-corrected chi connectivity index (χ3v) is 6.86. The van der Waals surface area contributed by atoms with Gasteiger partial charge in [0.05, 0.1) is 10.5 Å². The molecule has 0 heterocycles. The smallest absolute Gasteiger partial charge is 0.379 e. The van der Waals surface area contributed by atoms with E-state index in [1.807, 2.05) is 13.8 Å². The second-order valence-corrected chi connectivity index (χ2v) is 9.75. The maximum absolute atomic E-state index is 13.2. The molecule has 0 fully saturated rings. The van der Waals surface area contributed by atoms with E-state index in [0.29, 0.717) is 18.1 Å². The largest absolute Gasteiger partial charge is 0.416 e. The second-order valence-electron chi connectivity index (χ2n) is 8.20. The van der Waals surface area contributed by atoms with Crippen molar-refractivity contribution in [2.75, 3.05) is 0 Å². The van der Waals surface area contributed by atoms with Gasteiger partial charge in [0.1, 0.15) is 10.6 Å². The topological polar surface area (TPSA) is 107 Å². The Labute approximate surface area is 211 Å². The highest BCUT2D eigenvalue weighted by atomic mass is 32.2. The Morgan fingerprint density at radius 3 is 2.30 bits per heavy atom. The zero-order valence-electron chi connectivity index (χ0n) is 19.8. The van der Waals surface area contributed by atoms with E-state index in [4.69, 9.17) is 4.18 Å². The van der Waals surface area contributed by atoms with Gasteiger partial charge in [-0.1, -0.05) is 31.2 Å². The summed E-state index contributed by atoms with van der Waals surface area (Å²) >= 11 is 0. The number of non-ortho nitro benzene ring substituents is 1. The number of nitro groups is 1. The summed E-state index contributed by atoms with van der Waals surface area (Å²) in [5.41, 5.74) is -0.561. The molecule has 0 saturated heterocycles. The molecule has 3 rings (SSSR count). The second kappa shape index (κ2) is 11.0. The number of nitro benzene ring substituents is 1. The first kappa shape index (κ1) is 27.7. The molecule has 0 radical (unpaired) electrons. The average molecular weight is 537 g/mol. The molecular weight excluding hydrogens is 513 g/mol. The number of alkyl halides is 3. The summed E-state index contributed by atoms with van der Waals surface area (Å²) in [5, 5.41) is 11.1. The Morgan fingerprint density at radius 2 is 1.70 bits per heavy atom. The van der Waals surface area contributed by atoms with Crippen molar-refractivity contribution in [3.8, 4) is 5.75 Å². The Bertz CT molecular complexity index is 1390. The number of carbonyl (C=O) groups is 1. The fourth-order valence-corrected chi connectivity index (χ4v) is 4.39. The molecule has 0 aliphatic heterocycles. The molecular formula is C25H23F3N2O6S. The number of hydrogen-bond donors (Lipinski definition) is 0. The lowest BCUT2D eigenvalue weighted by atomic mass is 10.1. The number of amides is 1. The summed E-state index contributed by atoms with van der Waals surface area (Å²) in [6.45, 7) is 3.83. The Morgan fingerprint density at radius 1 is 1.05 bits per heavy atom. The third kappa shape index (κ3) is 6.85. The third-order valence-electron chi connectivity index (χ3n) is 5.62. The fourth-order valence-electron chi connectivity index (χ4n) is 3.42. The number of carbonyl (C=O) groups excluding carboxylic acids is 1. The number of halogens is 3. The van der Waals surface area contributed by atoms with E-state index in [-0.39, 0.29) is 29.6 Å². The Hall–Kier alpha value is -3.93. The van der Waals surface area contributed by atoms with Crippen molar-refractivity contribution >= 4 is 21.7 Å². The van der Waals surface area contributed by atoms with Crippen LogP contribution in [-0.2, 0) is 22.8 Å². The van der Waals surface area contributed by atoms with Gasteiger partial charge in [-0.2, -0.15) is 21.6 Å². The molecule has 12 heteroatoms. The normalized spacial score (nSPS) is 12.6. The van der Waals surface area contributed by atoms with Crippen LogP contribution < -0.4 is 4.18 Å². The summed E-state index contributed by atoms with van der Waals surface area (Å²) in [4.78, 5) is 24.5. The minimum atomic E-state index is -4.71. The van der Waals surface area contributed by atoms with Crippen LogP contribution in [0, 0.1) is 10.1 Å². The number of hydrogen-bond acceptors (Lipinski definition) is 6. The molecule has 3 aromatic carbocycles. The van der Waals surface area contributed by atoms with Crippen LogP contribution in [0.3, 0.4) is 0 Å². The lowest BCUT2D eigenvalue weighted by molar-refractivity contribution is -0.384. The van der Waals surface area contributed by atoms with Crippen LogP contribution in [0.2, 0.25) is 0 Å². The summed E-state index contributed by atoms with van der Waals surface area (Å²) < 4.78 is 68.8. The van der Waals surface area contributed by atoms with Crippen LogP contribution in [-0.4, -0.2) is 30.2 Å². The van der Waals surface area contributed by atoms with E-state index >= 15 is 0 Å². The van der Waals surface area contributed by atoms with Gasteiger partial charge < -0.3 is 9.08 Å². The van der Waals surface area contributed by atoms with Crippen LogP contribution in [0.25, 0.3) is 0 Å². The van der Waals surface area contributed by atoms with Crippen molar-refractivity contribution < 1.29 is 35.5 Å². The van der Waals surface area contributed by atoms with E-state index < -0.39 is 37.6 Å². The lowest BCUT2D eigenvalue weighted by Gasteiger charge is -2.29. The Kier molecular flexibility index (Phi) is 8.22. The molecule has 0 bridgehead atoms. The first-order valence-electron chi connectivity index (χ1n) is 11.1. The number of benzene rings is 3. The standard InChI is InChI=1S/C25H23F3N2O6S/c1-3-17(2)29(24(31)19-6-4-8-21(14-19)30(32)33)16-18-10-12-22(13-11-18)36-37(34,35)23-9-5-7-20(15-23)25(26,27)28/h4-15,17H,3,16H2,1-2H3. The monoisotopic (exact) mass is 536 g/mol. The molecule has 8 nitrogen and oxygen atoms in total. The van der Waals surface area contributed by atoms with Gasteiger partial charge in [0.15, 0.2) is 0 Å². The molecule has 0 aliphatic rings. The van der Waals surface area contributed by atoms with E-state index in [0.717, 1.165) is 18.2 Å². The Balaban J connectivity index is 1.79. The fraction of sp³-hybridized carbons (Fsp3) is 0.240. The summed E-state index contributed by atoms with van der Waals surface area (Å²) in [6.07, 6.45) is -4.10. The maximum atomic E-state index is 13.2. The highest BCUT2D eigenvalue weighted by Crippen LogP contribution is 2.31. The van der Waals surface area contributed by atoms with Crippen molar-refractivity contribution in [2.45, 2.75) is 43.9 Å². The van der Waals surface area contributed by atoms with Crippen molar-refractivity contribution in [1.29, 1.82) is 0 Å². The van der Waals surface area contributed by atoms with Crippen molar-refractivity contribution in [3.05, 3.63) is 99.6 Å². The van der Waals surface area contributed by atoms with Crippen LogP contribution in [0.5, 0.6) is 5.75 Å². The molecule has 3 aromatic rings. The van der Waals surface area contributed by atoms with Gasteiger partial charge in [0.25, 0.3) is 11.6 Å². The van der Waals surface area contributed by atoms with Crippen molar-refractivity contribution in [3.63, 3.8) is 0 Å². The zero-order valence-corrected chi connectivity index (χ0v) is 20.6. The molecule has 1 atom stereocenters. The van der Waals surface area contributed by atoms with Crippen LogP contribution in [0.4, 0.5) is 18.9 Å². The van der Waals surface area contributed by atoms with Gasteiger partial charge in [0, 0.05) is 30.3 Å². The van der Waals surface area contributed by atoms with Gasteiger partial charge >= 0.3 is 16.3 Å². The average Bonchev–Trinajstić information content (AvgIpc) is 2.87. The molecule has 37 heavy (non-hydrogen) atoms. The molecule has 1 unspecified atom stereocenters. The minimum Gasteiger partial charge on any atom is -0.379 e. The van der Waals surface area contributed by atoms with Gasteiger partial charge in [-0.05, 0) is 55.3 Å². The zero-order chi connectivity index (χ0) is 27.4. The highest BCUT2D eigenvalue weighted by molar-refractivity contribution is 7.87. The van der Waals surface area contributed by atoms with Gasteiger partial charge in [-0.3, -0.25) is 14.9 Å². The van der Waals surface area contributed by atoms with Crippen LogP contribution in [0.15, 0.2) is 77.7 Å². The molecule has 0 saturated carbocycles. The predicted molar refractivity (Wildman–Crippen MR) is 128 cm³/mol. The highest BCUT2D eigenvalue weighted by Gasteiger charge is 2.32. The van der Waals surface area contributed by atoms with E-state index in [1.54, 1.807) is 0 Å².